The maximum atomic E-state index is 12.5. The Labute approximate surface area is 138 Å². The van der Waals surface area contributed by atoms with Crippen molar-refractivity contribution in [3.05, 3.63) is 15.9 Å². The molecular formula is C13H20BrNO4S2. The Morgan fingerprint density at radius 1 is 1.33 bits per heavy atom. The van der Waals surface area contributed by atoms with Gasteiger partial charge in [-0.15, -0.1) is 11.3 Å². The molecule has 1 aromatic heterocycles. The fourth-order valence-corrected chi connectivity index (χ4v) is 5.85. The van der Waals surface area contributed by atoms with E-state index >= 15 is 0 Å². The van der Waals surface area contributed by atoms with Gasteiger partial charge in [0.25, 0.3) is 10.0 Å². The van der Waals surface area contributed by atoms with Crippen molar-refractivity contribution in [2.75, 3.05) is 32.9 Å². The summed E-state index contributed by atoms with van der Waals surface area (Å²) in [5, 5.41) is 0. The highest BCUT2D eigenvalue weighted by atomic mass is 79.9. The quantitative estimate of drug-likeness (QED) is 0.663. The number of sulfonamides is 1. The lowest BCUT2D eigenvalue weighted by molar-refractivity contribution is -0.0121. The predicted molar refractivity (Wildman–Crippen MR) is 86.2 cm³/mol. The summed E-state index contributed by atoms with van der Waals surface area (Å²) in [4.78, 5) is 0. The van der Waals surface area contributed by atoms with E-state index in [1.165, 1.54) is 11.3 Å². The van der Waals surface area contributed by atoms with Crippen molar-refractivity contribution in [2.45, 2.75) is 30.1 Å². The summed E-state index contributed by atoms with van der Waals surface area (Å²) in [6.07, 6.45) is 1.60. The van der Waals surface area contributed by atoms with Gasteiger partial charge in [0, 0.05) is 19.7 Å². The number of hydrogen-bond acceptors (Lipinski definition) is 5. The van der Waals surface area contributed by atoms with Crippen LogP contribution < -0.4 is 0 Å². The van der Waals surface area contributed by atoms with Gasteiger partial charge in [0.1, 0.15) is 4.21 Å². The zero-order valence-electron chi connectivity index (χ0n) is 12.0. The van der Waals surface area contributed by atoms with Gasteiger partial charge in [0.2, 0.25) is 0 Å². The van der Waals surface area contributed by atoms with Gasteiger partial charge in [-0.3, -0.25) is 0 Å². The maximum absolute atomic E-state index is 12.5. The molecule has 0 saturated carbocycles. The van der Waals surface area contributed by atoms with Crippen LogP contribution in [0.3, 0.4) is 0 Å². The molecule has 1 fully saturated rings. The van der Waals surface area contributed by atoms with Crippen LogP contribution in [0, 0.1) is 0 Å². The van der Waals surface area contributed by atoms with Crippen molar-refractivity contribution < 1.29 is 17.9 Å². The topological polar surface area (TPSA) is 55.8 Å². The number of nitrogens with zero attached hydrogens (tertiary/aromatic N) is 1. The fourth-order valence-electron chi connectivity index (χ4n) is 2.22. The molecule has 8 heteroatoms. The minimum Gasteiger partial charge on any atom is -0.379 e. The highest BCUT2D eigenvalue weighted by molar-refractivity contribution is 9.11. The molecule has 0 unspecified atom stereocenters. The Morgan fingerprint density at radius 2 is 2.05 bits per heavy atom. The maximum Gasteiger partial charge on any atom is 0.252 e. The first-order chi connectivity index (χ1) is 10.0. The van der Waals surface area contributed by atoms with Crippen LogP contribution in [0.2, 0.25) is 0 Å². The summed E-state index contributed by atoms with van der Waals surface area (Å²) in [5.74, 6) is 0. The molecule has 1 aromatic rings. The van der Waals surface area contributed by atoms with E-state index in [2.05, 4.69) is 15.9 Å². The lowest BCUT2D eigenvalue weighted by atomic mass is 10.1. The van der Waals surface area contributed by atoms with Crippen molar-refractivity contribution in [1.82, 2.24) is 4.31 Å². The molecule has 0 aliphatic carbocycles. The zero-order valence-corrected chi connectivity index (χ0v) is 15.2. The van der Waals surface area contributed by atoms with E-state index in [1.54, 1.807) is 16.4 Å². The number of piperidine rings is 1. The molecule has 1 aliphatic rings. The SMILES string of the molecule is CCOCCOC1CCN(S(=O)(=O)c2ccc(Br)s2)CC1. The normalized spacial score (nSPS) is 18.2. The van der Waals surface area contributed by atoms with Gasteiger partial charge in [0.15, 0.2) is 0 Å². The third-order valence-electron chi connectivity index (χ3n) is 3.33. The Balaban J connectivity index is 1.83. The third-order valence-corrected chi connectivity index (χ3v) is 7.32. The van der Waals surface area contributed by atoms with Gasteiger partial charge >= 0.3 is 0 Å². The Hall–Kier alpha value is 0.01000. The number of halogens is 1. The molecule has 2 rings (SSSR count). The molecule has 21 heavy (non-hydrogen) atoms. The summed E-state index contributed by atoms with van der Waals surface area (Å²) < 4.78 is 38.6. The van der Waals surface area contributed by atoms with Crippen LogP contribution in [-0.2, 0) is 19.5 Å². The monoisotopic (exact) mass is 397 g/mol. The first-order valence-corrected chi connectivity index (χ1v) is 10.0. The first kappa shape index (κ1) is 17.4. The lowest BCUT2D eigenvalue weighted by Gasteiger charge is -2.30. The molecule has 120 valence electrons. The highest BCUT2D eigenvalue weighted by Gasteiger charge is 2.30. The molecule has 0 spiro atoms. The van der Waals surface area contributed by atoms with E-state index in [-0.39, 0.29) is 6.10 Å². The molecule has 0 atom stereocenters. The summed E-state index contributed by atoms with van der Waals surface area (Å²) in [7, 11) is -3.35. The number of rotatable bonds is 7. The average molecular weight is 398 g/mol. The van der Waals surface area contributed by atoms with Gasteiger partial charge in [-0.1, -0.05) is 0 Å². The van der Waals surface area contributed by atoms with E-state index in [4.69, 9.17) is 9.47 Å². The zero-order chi connectivity index (χ0) is 15.3. The minimum atomic E-state index is -3.35. The van der Waals surface area contributed by atoms with Crippen molar-refractivity contribution >= 4 is 37.3 Å². The van der Waals surface area contributed by atoms with Crippen LogP contribution in [0.1, 0.15) is 19.8 Å². The van der Waals surface area contributed by atoms with Crippen LogP contribution in [0.4, 0.5) is 0 Å². The fraction of sp³-hybridized carbons (Fsp3) is 0.692. The molecule has 1 aliphatic heterocycles. The Kier molecular flexibility index (Phi) is 6.64. The molecular weight excluding hydrogens is 378 g/mol. The van der Waals surface area contributed by atoms with Crippen molar-refractivity contribution in [2.24, 2.45) is 0 Å². The largest absolute Gasteiger partial charge is 0.379 e. The molecule has 2 heterocycles. The van der Waals surface area contributed by atoms with E-state index in [0.717, 1.165) is 16.6 Å². The van der Waals surface area contributed by atoms with Crippen molar-refractivity contribution in [1.29, 1.82) is 0 Å². The van der Waals surface area contributed by atoms with E-state index in [1.807, 2.05) is 6.92 Å². The second-order valence-electron chi connectivity index (χ2n) is 4.73. The lowest BCUT2D eigenvalue weighted by Crippen LogP contribution is -2.40. The first-order valence-electron chi connectivity index (χ1n) is 6.99. The molecule has 1 saturated heterocycles. The molecule has 0 amide bonds. The van der Waals surface area contributed by atoms with E-state index in [0.29, 0.717) is 37.1 Å². The van der Waals surface area contributed by atoms with Gasteiger partial charge in [0.05, 0.1) is 23.1 Å². The van der Waals surface area contributed by atoms with Crippen molar-refractivity contribution in [3.8, 4) is 0 Å². The molecule has 5 nitrogen and oxygen atoms in total. The molecule has 0 N–H and O–H groups in total. The van der Waals surface area contributed by atoms with Crippen LogP contribution >= 0.6 is 27.3 Å². The third kappa shape index (κ3) is 4.74. The summed E-state index contributed by atoms with van der Waals surface area (Å²) in [6.45, 7) is 4.83. The van der Waals surface area contributed by atoms with Gasteiger partial charge < -0.3 is 9.47 Å². The van der Waals surface area contributed by atoms with Crippen molar-refractivity contribution in [3.63, 3.8) is 0 Å². The van der Waals surface area contributed by atoms with Crippen LogP contribution in [0.25, 0.3) is 0 Å². The Bertz CT molecular complexity index is 538. The predicted octanol–water partition coefficient (Wildman–Crippen LogP) is 2.72. The molecule has 0 aromatic carbocycles. The van der Waals surface area contributed by atoms with Crippen LogP contribution in [-0.4, -0.2) is 51.7 Å². The summed E-state index contributed by atoms with van der Waals surface area (Å²) in [5.41, 5.74) is 0. The molecule has 0 bridgehead atoms. The van der Waals surface area contributed by atoms with Gasteiger partial charge in [-0.05, 0) is 47.8 Å². The number of hydrogen-bond donors (Lipinski definition) is 0. The highest BCUT2D eigenvalue weighted by Crippen LogP contribution is 2.30. The van der Waals surface area contributed by atoms with Crippen LogP contribution in [0.15, 0.2) is 20.1 Å². The summed E-state index contributed by atoms with van der Waals surface area (Å²) in [6, 6.07) is 3.41. The second-order valence-corrected chi connectivity index (χ2v) is 9.36. The van der Waals surface area contributed by atoms with Gasteiger partial charge in [-0.25, -0.2) is 8.42 Å². The molecule has 0 radical (unpaired) electrons. The van der Waals surface area contributed by atoms with E-state index < -0.39 is 10.0 Å². The average Bonchev–Trinajstić information content (AvgIpc) is 2.91. The standard InChI is InChI=1S/C13H20BrNO4S2/c1-2-18-9-10-19-11-5-7-15(8-6-11)21(16,17)13-4-3-12(14)20-13/h3-4,11H,2,5-10H2,1H3. The summed E-state index contributed by atoms with van der Waals surface area (Å²) >= 11 is 4.55. The number of thiophene rings is 1. The van der Waals surface area contributed by atoms with Gasteiger partial charge in [-0.2, -0.15) is 4.31 Å². The second kappa shape index (κ2) is 8.03. The smallest absolute Gasteiger partial charge is 0.252 e. The number of ether oxygens (including phenoxy) is 2. The van der Waals surface area contributed by atoms with Crippen LogP contribution in [0.5, 0.6) is 0 Å². The van der Waals surface area contributed by atoms with E-state index in [9.17, 15) is 8.42 Å². The minimum absolute atomic E-state index is 0.131. The Morgan fingerprint density at radius 3 is 2.62 bits per heavy atom.